The molecule has 0 saturated heterocycles. The van der Waals surface area contributed by atoms with Crippen LogP contribution in [0.25, 0.3) is 0 Å². The Morgan fingerprint density at radius 1 is 1.14 bits per heavy atom. The highest BCUT2D eigenvalue weighted by molar-refractivity contribution is 6.30. The molecule has 3 nitrogen and oxygen atoms in total. The zero-order chi connectivity index (χ0) is 16.2. The van der Waals surface area contributed by atoms with Gasteiger partial charge in [0.25, 0.3) is 0 Å². The highest BCUT2D eigenvalue weighted by Gasteiger charge is 2.29. The van der Waals surface area contributed by atoms with Crippen LogP contribution < -0.4 is 5.32 Å². The first-order valence-electron chi connectivity index (χ1n) is 6.97. The molecule has 0 unspecified atom stereocenters. The molecule has 0 atom stereocenters. The van der Waals surface area contributed by atoms with Gasteiger partial charge in [0.1, 0.15) is 0 Å². The minimum Gasteiger partial charge on any atom is -0.351 e. The van der Waals surface area contributed by atoms with E-state index >= 15 is 0 Å². The van der Waals surface area contributed by atoms with Crippen molar-refractivity contribution in [2.75, 3.05) is 0 Å². The summed E-state index contributed by atoms with van der Waals surface area (Å²) in [6.45, 7) is 4.19. The van der Waals surface area contributed by atoms with Gasteiger partial charge in [-0.15, -0.1) is 0 Å². The molecule has 0 heterocycles. The van der Waals surface area contributed by atoms with Gasteiger partial charge in [-0.05, 0) is 49.2 Å². The van der Waals surface area contributed by atoms with E-state index in [9.17, 15) is 4.79 Å². The largest absolute Gasteiger partial charge is 0.351 e. The number of halogens is 1. The number of nitrogens with one attached hydrogen (secondary N) is 1. The maximum atomic E-state index is 12.5. The summed E-state index contributed by atoms with van der Waals surface area (Å²) >= 11 is 5.88. The van der Waals surface area contributed by atoms with Crippen molar-refractivity contribution in [1.82, 2.24) is 5.32 Å². The van der Waals surface area contributed by atoms with Gasteiger partial charge < -0.3 is 5.32 Å². The number of rotatable bonds is 4. The lowest BCUT2D eigenvalue weighted by molar-refractivity contribution is -0.125. The van der Waals surface area contributed by atoms with Crippen molar-refractivity contribution < 1.29 is 4.79 Å². The summed E-state index contributed by atoms with van der Waals surface area (Å²) in [5.41, 5.74) is 1.84. The molecule has 1 amide bonds. The Morgan fingerprint density at radius 3 is 2.27 bits per heavy atom. The molecule has 0 aliphatic rings. The van der Waals surface area contributed by atoms with Crippen LogP contribution in [0.5, 0.6) is 0 Å². The third-order valence-corrected chi connectivity index (χ3v) is 3.92. The lowest BCUT2D eigenvalue weighted by Crippen LogP contribution is -2.39. The molecule has 0 radical (unpaired) electrons. The quantitative estimate of drug-likeness (QED) is 0.933. The molecule has 2 aromatic rings. The maximum absolute atomic E-state index is 12.5. The molecule has 0 aliphatic carbocycles. The zero-order valence-corrected chi connectivity index (χ0v) is 13.3. The van der Waals surface area contributed by atoms with Crippen LogP contribution in [0.3, 0.4) is 0 Å². The SMILES string of the molecule is CC(C)(C(=O)NCc1ccc(C#N)cc1)c1ccc(Cl)cc1. The number of hydrogen-bond acceptors (Lipinski definition) is 2. The Kier molecular flexibility index (Phi) is 4.85. The third kappa shape index (κ3) is 3.66. The minimum atomic E-state index is -0.642. The van der Waals surface area contributed by atoms with Crippen molar-refractivity contribution in [2.45, 2.75) is 25.8 Å². The second kappa shape index (κ2) is 6.64. The molecule has 0 saturated carbocycles. The number of nitriles is 1. The van der Waals surface area contributed by atoms with E-state index < -0.39 is 5.41 Å². The molecule has 0 aromatic heterocycles. The highest BCUT2D eigenvalue weighted by Crippen LogP contribution is 2.25. The molecule has 0 spiro atoms. The fraction of sp³-hybridized carbons (Fsp3) is 0.222. The van der Waals surface area contributed by atoms with E-state index in [1.165, 1.54) is 0 Å². The molecule has 2 rings (SSSR count). The van der Waals surface area contributed by atoms with Crippen LogP contribution in [0.4, 0.5) is 0 Å². The predicted molar refractivity (Wildman–Crippen MR) is 87.5 cm³/mol. The predicted octanol–water partition coefficient (Wildman–Crippen LogP) is 3.81. The number of hydrogen-bond donors (Lipinski definition) is 1. The van der Waals surface area contributed by atoms with Crippen molar-refractivity contribution in [3.05, 3.63) is 70.2 Å². The van der Waals surface area contributed by atoms with Crippen LogP contribution in [-0.4, -0.2) is 5.91 Å². The van der Waals surface area contributed by atoms with E-state index in [-0.39, 0.29) is 5.91 Å². The lowest BCUT2D eigenvalue weighted by atomic mass is 9.83. The number of carbonyl (C=O) groups is 1. The first kappa shape index (κ1) is 16.1. The molecule has 112 valence electrons. The number of carbonyl (C=O) groups excluding carboxylic acids is 1. The van der Waals surface area contributed by atoms with Crippen LogP contribution in [0.15, 0.2) is 48.5 Å². The zero-order valence-electron chi connectivity index (χ0n) is 12.6. The molecule has 4 heteroatoms. The van der Waals surface area contributed by atoms with Gasteiger partial charge in [-0.2, -0.15) is 5.26 Å². The maximum Gasteiger partial charge on any atom is 0.230 e. The standard InChI is InChI=1S/C18H17ClN2O/c1-18(2,15-7-9-16(19)10-8-15)17(22)21-12-14-5-3-13(11-20)4-6-14/h3-10H,12H2,1-2H3,(H,21,22). The topological polar surface area (TPSA) is 52.9 Å². The van der Waals surface area contributed by atoms with E-state index in [2.05, 4.69) is 11.4 Å². The monoisotopic (exact) mass is 312 g/mol. The minimum absolute atomic E-state index is 0.0563. The molecular weight excluding hydrogens is 296 g/mol. The number of amides is 1. The van der Waals surface area contributed by atoms with Gasteiger partial charge in [-0.1, -0.05) is 35.9 Å². The Bertz CT molecular complexity index is 697. The smallest absolute Gasteiger partial charge is 0.230 e. The average molecular weight is 313 g/mol. The summed E-state index contributed by atoms with van der Waals surface area (Å²) in [4.78, 5) is 12.5. The third-order valence-electron chi connectivity index (χ3n) is 3.67. The van der Waals surface area contributed by atoms with Crippen LogP contribution >= 0.6 is 11.6 Å². The Morgan fingerprint density at radius 2 is 1.73 bits per heavy atom. The van der Waals surface area contributed by atoms with Crippen LogP contribution in [-0.2, 0) is 16.8 Å². The summed E-state index contributed by atoms with van der Waals surface area (Å²) in [6, 6.07) is 16.5. The molecule has 0 aliphatic heterocycles. The van der Waals surface area contributed by atoms with Gasteiger partial charge in [0.05, 0.1) is 17.0 Å². The van der Waals surface area contributed by atoms with E-state index in [1.807, 2.05) is 38.1 Å². The van der Waals surface area contributed by atoms with Gasteiger partial charge in [-0.25, -0.2) is 0 Å². The second-order valence-corrected chi connectivity index (χ2v) is 6.06. The lowest BCUT2D eigenvalue weighted by Gasteiger charge is -2.24. The van der Waals surface area contributed by atoms with Crippen LogP contribution in [0.2, 0.25) is 5.02 Å². The van der Waals surface area contributed by atoms with E-state index in [0.29, 0.717) is 17.1 Å². The van der Waals surface area contributed by atoms with Crippen molar-refractivity contribution >= 4 is 17.5 Å². The van der Waals surface area contributed by atoms with Gasteiger partial charge in [0.15, 0.2) is 0 Å². The van der Waals surface area contributed by atoms with Crippen molar-refractivity contribution in [3.63, 3.8) is 0 Å². The Labute approximate surface area is 135 Å². The Hall–Kier alpha value is -2.31. The van der Waals surface area contributed by atoms with Gasteiger partial charge in [0, 0.05) is 11.6 Å². The van der Waals surface area contributed by atoms with Crippen LogP contribution in [0.1, 0.15) is 30.5 Å². The number of benzene rings is 2. The van der Waals surface area contributed by atoms with Gasteiger partial charge in [-0.3, -0.25) is 4.79 Å². The summed E-state index contributed by atoms with van der Waals surface area (Å²) in [5, 5.41) is 12.4. The Balaban J connectivity index is 2.04. The molecule has 0 fully saturated rings. The molecular formula is C18H17ClN2O. The molecule has 1 N–H and O–H groups in total. The molecule has 22 heavy (non-hydrogen) atoms. The normalized spacial score (nSPS) is 10.8. The fourth-order valence-electron chi connectivity index (χ4n) is 2.10. The van der Waals surface area contributed by atoms with Gasteiger partial charge >= 0.3 is 0 Å². The summed E-state index contributed by atoms with van der Waals surface area (Å²) in [7, 11) is 0. The van der Waals surface area contributed by atoms with Crippen molar-refractivity contribution in [1.29, 1.82) is 5.26 Å². The molecule has 0 bridgehead atoms. The summed E-state index contributed by atoms with van der Waals surface area (Å²) in [6.07, 6.45) is 0. The van der Waals surface area contributed by atoms with Gasteiger partial charge in [0.2, 0.25) is 5.91 Å². The molecule has 2 aromatic carbocycles. The van der Waals surface area contributed by atoms with Crippen molar-refractivity contribution in [3.8, 4) is 6.07 Å². The first-order valence-corrected chi connectivity index (χ1v) is 7.34. The van der Waals surface area contributed by atoms with Crippen LogP contribution in [0, 0.1) is 11.3 Å². The van der Waals surface area contributed by atoms with E-state index in [1.54, 1.807) is 24.3 Å². The fourth-order valence-corrected chi connectivity index (χ4v) is 2.22. The first-order chi connectivity index (χ1) is 10.4. The second-order valence-electron chi connectivity index (χ2n) is 5.62. The van der Waals surface area contributed by atoms with E-state index in [4.69, 9.17) is 16.9 Å². The number of nitrogens with zero attached hydrogens (tertiary/aromatic N) is 1. The van der Waals surface area contributed by atoms with Crippen molar-refractivity contribution in [2.24, 2.45) is 0 Å². The summed E-state index contributed by atoms with van der Waals surface area (Å²) in [5.74, 6) is -0.0563. The summed E-state index contributed by atoms with van der Waals surface area (Å²) < 4.78 is 0. The highest BCUT2D eigenvalue weighted by atomic mass is 35.5. The average Bonchev–Trinajstić information content (AvgIpc) is 2.53. The van der Waals surface area contributed by atoms with E-state index in [0.717, 1.165) is 11.1 Å².